The number of amides is 1. The van der Waals surface area contributed by atoms with E-state index < -0.39 is 0 Å². The molecule has 4 rings (SSSR count). The fraction of sp³-hybridized carbons (Fsp3) is 0.273. The number of piperazine rings is 1. The maximum absolute atomic E-state index is 14.2. The molecule has 0 atom stereocenters. The van der Waals surface area contributed by atoms with Crippen LogP contribution in [0.25, 0.3) is 5.69 Å². The molecule has 30 heavy (non-hydrogen) atoms. The molecular weight excluding hydrogens is 387 g/mol. The second-order valence-corrected chi connectivity index (χ2v) is 6.93. The Kier molecular flexibility index (Phi) is 5.56. The number of methoxy groups -OCH3 is 2. The highest BCUT2D eigenvalue weighted by molar-refractivity contribution is 5.95. The SMILES string of the molecule is COc1cc(OC)cc(C(=O)N2CCN(c3nccn3-c3ccccc3F)CC2)c1. The van der Waals surface area contributed by atoms with Gasteiger partial charge in [0.2, 0.25) is 5.95 Å². The van der Waals surface area contributed by atoms with Crippen LogP contribution >= 0.6 is 0 Å². The Bertz CT molecular complexity index is 1020. The fourth-order valence-electron chi connectivity index (χ4n) is 3.59. The van der Waals surface area contributed by atoms with Crippen molar-refractivity contribution in [3.05, 3.63) is 66.2 Å². The lowest BCUT2D eigenvalue weighted by Gasteiger charge is -2.35. The minimum atomic E-state index is -0.308. The lowest BCUT2D eigenvalue weighted by atomic mass is 10.1. The van der Waals surface area contributed by atoms with E-state index in [0.29, 0.717) is 54.9 Å². The monoisotopic (exact) mass is 410 g/mol. The molecule has 0 radical (unpaired) electrons. The van der Waals surface area contributed by atoms with Crippen molar-refractivity contribution in [1.82, 2.24) is 14.5 Å². The van der Waals surface area contributed by atoms with E-state index in [9.17, 15) is 9.18 Å². The number of carbonyl (C=O) groups is 1. The van der Waals surface area contributed by atoms with Gasteiger partial charge in [0.25, 0.3) is 5.91 Å². The van der Waals surface area contributed by atoms with Crippen molar-refractivity contribution in [2.45, 2.75) is 0 Å². The van der Waals surface area contributed by atoms with Crippen molar-refractivity contribution in [3.63, 3.8) is 0 Å². The van der Waals surface area contributed by atoms with Gasteiger partial charge in [-0.25, -0.2) is 9.37 Å². The summed E-state index contributed by atoms with van der Waals surface area (Å²) in [5.41, 5.74) is 0.972. The third-order valence-corrected chi connectivity index (χ3v) is 5.18. The van der Waals surface area contributed by atoms with Gasteiger partial charge < -0.3 is 19.3 Å². The summed E-state index contributed by atoms with van der Waals surface area (Å²) in [6.45, 7) is 2.25. The lowest BCUT2D eigenvalue weighted by Crippen LogP contribution is -2.49. The Balaban J connectivity index is 1.49. The molecule has 1 saturated heterocycles. The summed E-state index contributed by atoms with van der Waals surface area (Å²) in [5.74, 6) is 1.42. The maximum Gasteiger partial charge on any atom is 0.254 e. The number of imidazole rings is 1. The van der Waals surface area contributed by atoms with Gasteiger partial charge in [0, 0.05) is 50.2 Å². The van der Waals surface area contributed by atoms with Gasteiger partial charge in [0.05, 0.1) is 19.9 Å². The minimum Gasteiger partial charge on any atom is -0.497 e. The zero-order chi connectivity index (χ0) is 21.1. The van der Waals surface area contributed by atoms with Gasteiger partial charge in [-0.1, -0.05) is 12.1 Å². The number of halogens is 1. The van der Waals surface area contributed by atoms with Crippen LogP contribution < -0.4 is 14.4 Å². The van der Waals surface area contributed by atoms with Gasteiger partial charge in [-0.15, -0.1) is 0 Å². The smallest absolute Gasteiger partial charge is 0.254 e. The molecule has 156 valence electrons. The lowest BCUT2D eigenvalue weighted by molar-refractivity contribution is 0.0745. The zero-order valence-corrected chi connectivity index (χ0v) is 16.9. The van der Waals surface area contributed by atoms with Crippen molar-refractivity contribution in [1.29, 1.82) is 0 Å². The topological polar surface area (TPSA) is 59.8 Å². The third kappa shape index (κ3) is 3.80. The minimum absolute atomic E-state index is 0.0794. The molecule has 1 aromatic heterocycles. The van der Waals surface area contributed by atoms with Gasteiger partial charge in [-0.05, 0) is 24.3 Å². The Morgan fingerprint density at radius 3 is 2.30 bits per heavy atom. The predicted molar refractivity (Wildman–Crippen MR) is 111 cm³/mol. The highest BCUT2D eigenvalue weighted by Gasteiger charge is 2.25. The van der Waals surface area contributed by atoms with Crippen LogP contribution in [0.15, 0.2) is 54.9 Å². The number of carbonyl (C=O) groups excluding carboxylic acids is 1. The van der Waals surface area contributed by atoms with Gasteiger partial charge in [-0.2, -0.15) is 0 Å². The molecule has 3 aromatic rings. The molecule has 7 nitrogen and oxygen atoms in total. The molecule has 0 aliphatic carbocycles. The second-order valence-electron chi connectivity index (χ2n) is 6.93. The van der Waals surface area contributed by atoms with E-state index in [1.165, 1.54) is 6.07 Å². The first-order valence-corrected chi connectivity index (χ1v) is 9.66. The molecular formula is C22H23FN4O3. The van der Waals surface area contributed by atoms with Crippen LogP contribution in [0.3, 0.4) is 0 Å². The molecule has 8 heteroatoms. The molecule has 0 N–H and O–H groups in total. The Morgan fingerprint density at radius 2 is 1.67 bits per heavy atom. The molecule has 0 unspecified atom stereocenters. The standard InChI is InChI=1S/C22H23FN4O3/c1-29-17-13-16(14-18(15-17)30-2)21(28)25-9-11-26(12-10-25)22-24-7-8-27(22)20-6-4-3-5-19(20)23/h3-8,13-15H,9-12H2,1-2H3. The Hall–Kier alpha value is -3.55. The first kappa shape index (κ1) is 19.8. The molecule has 1 amide bonds. The number of anilines is 1. The predicted octanol–water partition coefficient (Wildman–Crippen LogP) is 2.99. The first-order valence-electron chi connectivity index (χ1n) is 9.66. The van der Waals surface area contributed by atoms with Gasteiger partial charge in [-0.3, -0.25) is 9.36 Å². The van der Waals surface area contributed by atoms with E-state index in [2.05, 4.69) is 9.88 Å². The number of hydrogen-bond acceptors (Lipinski definition) is 5. The number of hydrogen-bond donors (Lipinski definition) is 0. The quantitative estimate of drug-likeness (QED) is 0.647. The zero-order valence-electron chi connectivity index (χ0n) is 16.9. The number of nitrogens with zero attached hydrogens (tertiary/aromatic N) is 4. The summed E-state index contributed by atoms with van der Waals surface area (Å²) < 4.78 is 26.5. The fourth-order valence-corrected chi connectivity index (χ4v) is 3.59. The number of benzene rings is 2. The van der Waals surface area contributed by atoms with Crippen molar-refractivity contribution < 1.29 is 18.7 Å². The summed E-state index contributed by atoms with van der Waals surface area (Å²) in [6.07, 6.45) is 3.40. The van der Waals surface area contributed by atoms with E-state index in [4.69, 9.17) is 9.47 Å². The van der Waals surface area contributed by atoms with Crippen LogP contribution in [0.5, 0.6) is 11.5 Å². The van der Waals surface area contributed by atoms with E-state index >= 15 is 0 Å². The average molecular weight is 410 g/mol. The molecule has 2 aromatic carbocycles. The number of para-hydroxylation sites is 1. The summed E-state index contributed by atoms with van der Waals surface area (Å²) in [7, 11) is 3.11. The van der Waals surface area contributed by atoms with Crippen LogP contribution in [0.1, 0.15) is 10.4 Å². The highest BCUT2D eigenvalue weighted by Crippen LogP contribution is 2.25. The van der Waals surface area contributed by atoms with Crippen molar-refractivity contribution in [3.8, 4) is 17.2 Å². The van der Waals surface area contributed by atoms with Gasteiger partial charge in [0.15, 0.2) is 0 Å². The second kappa shape index (κ2) is 8.44. The summed E-state index contributed by atoms with van der Waals surface area (Å²) in [4.78, 5) is 21.3. The van der Waals surface area contributed by atoms with Gasteiger partial charge >= 0.3 is 0 Å². The molecule has 1 aliphatic rings. The van der Waals surface area contributed by atoms with E-state index in [0.717, 1.165) is 0 Å². The van der Waals surface area contributed by atoms with Crippen LogP contribution in [0.4, 0.5) is 10.3 Å². The summed E-state index contributed by atoms with van der Waals surface area (Å²) in [5, 5.41) is 0. The van der Waals surface area contributed by atoms with Crippen LogP contribution in [0.2, 0.25) is 0 Å². The maximum atomic E-state index is 14.2. The highest BCUT2D eigenvalue weighted by atomic mass is 19.1. The summed E-state index contributed by atoms with van der Waals surface area (Å²) in [6, 6.07) is 11.8. The average Bonchev–Trinajstić information content (AvgIpc) is 3.28. The molecule has 1 fully saturated rings. The van der Waals surface area contributed by atoms with Crippen molar-refractivity contribution >= 4 is 11.9 Å². The molecule has 0 spiro atoms. The molecule has 1 aliphatic heterocycles. The largest absolute Gasteiger partial charge is 0.497 e. The van der Waals surface area contributed by atoms with E-state index in [1.54, 1.807) is 72.5 Å². The van der Waals surface area contributed by atoms with Crippen molar-refractivity contribution in [2.75, 3.05) is 45.3 Å². The Morgan fingerprint density at radius 1 is 1.00 bits per heavy atom. The van der Waals surface area contributed by atoms with Crippen molar-refractivity contribution in [2.24, 2.45) is 0 Å². The number of aromatic nitrogens is 2. The van der Waals surface area contributed by atoms with Crippen LogP contribution in [0, 0.1) is 5.82 Å². The van der Waals surface area contributed by atoms with Crippen LogP contribution in [-0.4, -0.2) is 60.8 Å². The normalized spacial score (nSPS) is 14.0. The third-order valence-electron chi connectivity index (χ3n) is 5.18. The molecule has 0 bridgehead atoms. The Labute approximate surface area is 174 Å². The summed E-state index contributed by atoms with van der Waals surface area (Å²) >= 11 is 0. The molecule has 2 heterocycles. The number of ether oxygens (including phenoxy) is 2. The van der Waals surface area contributed by atoms with Crippen LogP contribution in [-0.2, 0) is 0 Å². The molecule has 0 saturated carbocycles. The van der Waals surface area contributed by atoms with E-state index in [1.807, 2.05) is 0 Å². The van der Waals surface area contributed by atoms with Gasteiger partial charge in [0.1, 0.15) is 17.3 Å². The van der Waals surface area contributed by atoms with E-state index in [-0.39, 0.29) is 11.7 Å². The first-order chi connectivity index (χ1) is 14.6. The number of rotatable bonds is 5.